The molecule has 0 aliphatic rings. The first-order chi connectivity index (χ1) is 8.93. The van der Waals surface area contributed by atoms with Gasteiger partial charge in [-0.15, -0.1) is 0 Å². The standard InChI is InChI=1S/C14H17NO4/c1-10(2)12(13(16)17)15(3)14(18)19-9-11-7-5-4-6-8-11/h4-8,12H,1,9H2,2-3H3,(H,16,17). The summed E-state index contributed by atoms with van der Waals surface area (Å²) in [4.78, 5) is 23.8. The summed E-state index contributed by atoms with van der Waals surface area (Å²) in [6, 6.07) is 8.09. The Hall–Kier alpha value is -2.30. The average Bonchev–Trinajstić information content (AvgIpc) is 2.36. The number of hydrogen-bond donors (Lipinski definition) is 1. The first kappa shape index (κ1) is 14.8. The quantitative estimate of drug-likeness (QED) is 0.828. The SMILES string of the molecule is C=C(C)C(C(=O)O)N(C)C(=O)OCc1ccccc1. The normalized spacial score (nSPS) is 11.5. The summed E-state index contributed by atoms with van der Waals surface area (Å²) in [5, 5.41) is 9.04. The molecule has 1 aromatic rings. The minimum atomic E-state index is -1.13. The summed E-state index contributed by atoms with van der Waals surface area (Å²) in [5.41, 5.74) is 1.21. The molecule has 0 aliphatic carbocycles. The van der Waals surface area contributed by atoms with E-state index in [1.807, 2.05) is 30.3 Å². The Morgan fingerprint density at radius 2 is 1.95 bits per heavy atom. The lowest BCUT2D eigenvalue weighted by molar-refractivity contribution is -0.140. The highest BCUT2D eigenvalue weighted by atomic mass is 16.6. The summed E-state index contributed by atoms with van der Waals surface area (Å²) in [7, 11) is 1.38. The highest BCUT2D eigenvalue weighted by molar-refractivity contribution is 5.82. The fourth-order valence-electron chi connectivity index (χ4n) is 1.63. The van der Waals surface area contributed by atoms with Crippen molar-refractivity contribution in [1.29, 1.82) is 0 Å². The number of likely N-dealkylation sites (N-methyl/N-ethyl adjacent to an activating group) is 1. The van der Waals surface area contributed by atoms with Gasteiger partial charge in [-0.3, -0.25) is 4.90 Å². The molecule has 1 aromatic carbocycles. The minimum Gasteiger partial charge on any atom is -0.479 e. The lowest BCUT2D eigenvalue weighted by atomic mass is 10.1. The van der Waals surface area contributed by atoms with Gasteiger partial charge in [-0.2, -0.15) is 0 Å². The molecule has 5 heteroatoms. The Morgan fingerprint density at radius 1 is 1.37 bits per heavy atom. The van der Waals surface area contributed by atoms with Crippen molar-refractivity contribution < 1.29 is 19.4 Å². The molecule has 19 heavy (non-hydrogen) atoms. The fourth-order valence-corrected chi connectivity index (χ4v) is 1.63. The van der Waals surface area contributed by atoms with Gasteiger partial charge < -0.3 is 9.84 Å². The maximum Gasteiger partial charge on any atom is 0.410 e. The van der Waals surface area contributed by atoms with E-state index in [1.54, 1.807) is 6.92 Å². The molecule has 0 saturated heterocycles. The smallest absolute Gasteiger partial charge is 0.410 e. The number of carbonyl (C=O) groups excluding carboxylic acids is 1. The van der Waals surface area contributed by atoms with Gasteiger partial charge in [0.1, 0.15) is 6.61 Å². The Morgan fingerprint density at radius 3 is 2.42 bits per heavy atom. The lowest BCUT2D eigenvalue weighted by Crippen LogP contribution is -2.43. The van der Waals surface area contributed by atoms with Crippen LogP contribution >= 0.6 is 0 Å². The Labute approximate surface area is 112 Å². The summed E-state index contributed by atoms with van der Waals surface area (Å²) >= 11 is 0. The second-order valence-electron chi connectivity index (χ2n) is 4.24. The van der Waals surface area contributed by atoms with Gasteiger partial charge in [-0.1, -0.05) is 36.9 Å². The van der Waals surface area contributed by atoms with E-state index < -0.39 is 18.1 Å². The number of ether oxygens (including phenoxy) is 1. The van der Waals surface area contributed by atoms with Gasteiger partial charge in [0.25, 0.3) is 0 Å². The number of rotatable bonds is 5. The van der Waals surface area contributed by atoms with Crippen molar-refractivity contribution in [2.24, 2.45) is 0 Å². The van der Waals surface area contributed by atoms with Crippen molar-refractivity contribution >= 4 is 12.1 Å². The van der Waals surface area contributed by atoms with Crippen LogP contribution in [0.25, 0.3) is 0 Å². The number of benzene rings is 1. The monoisotopic (exact) mass is 263 g/mol. The molecule has 1 amide bonds. The molecule has 1 unspecified atom stereocenters. The van der Waals surface area contributed by atoms with E-state index in [-0.39, 0.29) is 6.61 Å². The maximum atomic E-state index is 11.8. The van der Waals surface area contributed by atoms with Gasteiger partial charge in [0, 0.05) is 7.05 Å². The van der Waals surface area contributed by atoms with E-state index in [9.17, 15) is 9.59 Å². The number of nitrogens with zero attached hydrogens (tertiary/aromatic N) is 1. The number of aliphatic carboxylic acids is 1. The molecule has 1 N–H and O–H groups in total. The van der Waals surface area contributed by atoms with Gasteiger partial charge in [0.2, 0.25) is 0 Å². The van der Waals surface area contributed by atoms with Crippen LogP contribution in [0.1, 0.15) is 12.5 Å². The van der Waals surface area contributed by atoms with Crippen LogP contribution in [-0.2, 0) is 16.1 Å². The molecule has 0 saturated carbocycles. The number of hydrogen-bond acceptors (Lipinski definition) is 3. The molecule has 0 fully saturated rings. The molecule has 0 spiro atoms. The average molecular weight is 263 g/mol. The Bertz CT molecular complexity index is 456. The topological polar surface area (TPSA) is 66.8 Å². The summed E-state index contributed by atoms with van der Waals surface area (Å²) in [6.07, 6.45) is -0.695. The highest BCUT2D eigenvalue weighted by Gasteiger charge is 2.28. The molecular weight excluding hydrogens is 246 g/mol. The van der Waals surface area contributed by atoms with Crippen LogP contribution in [0.15, 0.2) is 42.5 Å². The summed E-state index contributed by atoms with van der Waals surface area (Å²) in [5.74, 6) is -1.13. The zero-order valence-electron chi connectivity index (χ0n) is 11.0. The molecule has 0 aliphatic heterocycles. The van der Waals surface area contributed by atoms with E-state index in [0.717, 1.165) is 10.5 Å². The summed E-state index contributed by atoms with van der Waals surface area (Å²) < 4.78 is 5.05. The third-order valence-corrected chi connectivity index (χ3v) is 2.58. The van der Waals surface area contributed by atoms with Crippen LogP contribution in [0.2, 0.25) is 0 Å². The largest absolute Gasteiger partial charge is 0.479 e. The van der Waals surface area contributed by atoms with Gasteiger partial charge in [-0.25, -0.2) is 9.59 Å². The Kier molecular flexibility index (Phi) is 5.11. The second kappa shape index (κ2) is 6.58. The maximum absolute atomic E-state index is 11.8. The number of carboxylic acids is 1. The lowest BCUT2D eigenvalue weighted by Gasteiger charge is -2.24. The van der Waals surface area contributed by atoms with Crippen LogP contribution in [0.4, 0.5) is 4.79 Å². The van der Waals surface area contributed by atoms with Crippen LogP contribution in [0.5, 0.6) is 0 Å². The van der Waals surface area contributed by atoms with Crippen molar-refractivity contribution in [2.75, 3.05) is 7.05 Å². The van der Waals surface area contributed by atoms with Gasteiger partial charge in [-0.05, 0) is 18.1 Å². The zero-order valence-corrected chi connectivity index (χ0v) is 11.0. The molecule has 1 rings (SSSR count). The molecule has 102 valence electrons. The van der Waals surface area contributed by atoms with Crippen molar-refractivity contribution in [3.8, 4) is 0 Å². The van der Waals surface area contributed by atoms with E-state index in [2.05, 4.69) is 6.58 Å². The molecular formula is C14H17NO4. The van der Waals surface area contributed by atoms with Crippen LogP contribution in [0.3, 0.4) is 0 Å². The van der Waals surface area contributed by atoms with Crippen molar-refractivity contribution in [3.63, 3.8) is 0 Å². The second-order valence-corrected chi connectivity index (χ2v) is 4.24. The van der Waals surface area contributed by atoms with Gasteiger partial charge >= 0.3 is 12.1 Å². The molecule has 0 heterocycles. The number of amides is 1. The summed E-state index contributed by atoms with van der Waals surface area (Å²) in [6.45, 7) is 5.23. The minimum absolute atomic E-state index is 0.104. The van der Waals surface area contributed by atoms with Crippen molar-refractivity contribution in [2.45, 2.75) is 19.6 Å². The van der Waals surface area contributed by atoms with E-state index in [0.29, 0.717) is 5.57 Å². The highest BCUT2D eigenvalue weighted by Crippen LogP contribution is 2.10. The van der Waals surface area contributed by atoms with Crippen molar-refractivity contribution in [1.82, 2.24) is 4.90 Å². The van der Waals surface area contributed by atoms with E-state index >= 15 is 0 Å². The molecule has 1 atom stereocenters. The predicted molar refractivity (Wildman–Crippen MR) is 70.6 cm³/mol. The molecule has 0 bridgehead atoms. The van der Waals surface area contributed by atoms with E-state index in [4.69, 9.17) is 9.84 Å². The number of carboxylic acid groups (broad SMARTS) is 1. The van der Waals surface area contributed by atoms with Crippen LogP contribution in [-0.4, -0.2) is 35.2 Å². The first-order valence-corrected chi connectivity index (χ1v) is 5.75. The number of carbonyl (C=O) groups is 2. The van der Waals surface area contributed by atoms with Crippen molar-refractivity contribution in [3.05, 3.63) is 48.0 Å². The third-order valence-electron chi connectivity index (χ3n) is 2.58. The molecule has 0 radical (unpaired) electrons. The van der Waals surface area contributed by atoms with Crippen LogP contribution < -0.4 is 0 Å². The van der Waals surface area contributed by atoms with E-state index in [1.165, 1.54) is 7.05 Å². The van der Waals surface area contributed by atoms with Gasteiger partial charge in [0.05, 0.1) is 0 Å². The third kappa shape index (κ3) is 4.13. The predicted octanol–water partition coefficient (Wildman–Crippen LogP) is 2.28. The van der Waals surface area contributed by atoms with Gasteiger partial charge in [0.15, 0.2) is 6.04 Å². The fraction of sp³-hybridized carbons (Fsp3) is 0.286. The molecule has 0 aromatic heterocycles. The van der Waals surface area contributed by atoms with Crippen LogP contribution in [0, 0.1) is 0 Å². The first-order valence-electron chi connectivity index (χ1n) is 5.75. The Balaban J connectivity index is 2.62. The molecule has 5 nitrogen and oxygen atoms in total. The zero-order chi connectivity index (χ0) is 14.4.